The first-order chi connectivity index (χ1) is 11.4. The average molecular weight is 369 g/mol. The average Bonchev–Trinajstić information content (AvgIpc) is 2.58. The van der Waals surface area contributed by atoms with E-state index in [2.05, 4.69) is 14.6 Å². The van der Waals surface area contributed by atoms with E-state index in [4.69, 9.17) is 11.6 Å². The molecule has 24 heavy (non-hydrogen) atoms. The van der Waals surface area contributed by atoms with E-state index in [1.165, 1.54) is 22.6 Å². The summed E-state index contributed by atoms with van der Waals surface area (Å²) in [6.07, 6.45) is 1.19. The molecule has 9 heteroatoms. The van der Waals surface area contributed by atoms with Crippen LogP contribution in [0.5, 0.6) is 5.75 Å². The molecule has 1 aromatic heterocycles. The van der Waals surface area contributed by atoms with Gasteiger partial charge in [0.25, 0.3) is 0 Å². The monoisotopic (exact) mass is 368 g/mol. The van der Waals surface area contributed by atoms with Gasteiger partial charge in [0, 0.05) is 36.9 Å². The van der Waals surface area contributed by atoms with Crippen molar-refractivity contribution in [2.75, 3.05) is 35.8 Å². The van der Waals surface area contributed by atoms with Crippen LogP contribution >= 0.6 is 11.6 Å². The Morgan fingerprint density at radius 1 is 1.04 bits per heavy atom. The topological polar surface area (TPSA) is 85.8 Å². The number of piperazine rings is 1. The van der Waals surface area contributed by atoms with Crippen molar-refractivity contribution in [1.29, 1.82) is 0 Å². The Hall–Kier alpha value is -2.03. The molecule has 0 atom stereocenters. The molecule has 1 aliphatic heterocycles. The Kier molecular flexibility index (Phi) is 4.79. The molecular formula is C15H17ClN4O3S. The molecule has 0 radical (unpaired) electrons. The molecule has 0 saturated carbocycles. The predicted octanol–water partition coefficient (Wildman–Crippen LogP) is 1.92. The van der Waals surface area contributed by atoms with Crippen LogP contribution in [-0.2, 0) is 10.2 Å². The maximum Gasteiger partial charge on any atom is 0.302 e. The number of hydrogen-bond acceptors (Lipinski definition) is 5. The highest BCUT2D eigenvalue weighted by Crippen LogP contribution is 2.21. The van der Waals surface area contributed by atoms with Crippen molar-refractivity contribution in [2.45, 2.75) is 0 Å². The van der Waals surface area contributed by atoms with Gasteiger partial charge < -0.3 is 10.0 Å². The summed E-state index contributed by atoms with van der Waals surface area (Å²) < 4.78 is 28.6. The van der Waals surface area contributed by atoms with Crippen LogP contribution in [0.3, 0.4) is 0 Å². The second-order valence-corrected chi connectivity index (χ2v) is 7.48. The maximum atomic E-state index is 12.4. The third kappa shape index (κ3) is 3.89. The molecule has 2 heterocycles. The van der Waals surface area contributed by atoms with Crippen LogP contribution in [0.2, 0.25) is 5.02 Å². The van der Waals surface area contributed by atoms with Crippen molar-refractivity contribution >= 4 is 33.3 Å². The summed E-state index contributed by atoms with van der Waals surface area (Å²) in [5.74, 6) is 0.155. The first kappa shape index (κ1) is 16.8. The van der Waals surface area contributed by atoms with E-state index in [0.717, 1.165) is 5.69 Å². The van der Waals surface area contributed by atoms with Gasteiger partial charge in [0.05, 0.1) is 6.20 Å². The van der Waals surface area contributed by atoms with Gasteiger partial charge in [-0.05, 0) is 36.4 Å². The summed E-state index contributed by atoms with van der Waals surface area (Å²) in [5.41, 5.74) is 1.02. The number of rotatable bonds is 4. The third-order valence-electron chi connectivity index (χ3n) is 3.75. The standard InChI is InChI=1S/C15H17ClN4O3S/c16-12-1-3-13(4-2-12)19-7-9-20(10-8-19)24(22,23)18-15-6-5-14(21)11-17-15/h1-6,11,21H,7-10H2,(H,17,18). The van der Waals surface area contributed by atoms with Gasteiger partial charge in [-0.3, -0.25) is 4.72 Å². The van der Waals surface area contributed by atoms with Crippen molar-refractivity contribution in [3.63, 3.8) is 0 Å². The fourth-order valence-electron chi connectivity index (χ4n) is 2.48. The van der Waals surface area contributed by atoms with Crippen LogP contribution in [0, 0.1) is 0 Å². The van der Waals surface area contributed by atoms with Gasteiger partial charge in [-0.1, -0.05) is 11.6 Å². The number of aromatic nitrogens is 1. The highest BCUT2D eigenvalue weighted by molar-refractivity contribution is 7.90. The second kappa shape index (κ2) is 6.84. The van der Waals surface area contributed by atoms with Gasteiger partial charge in [0.1, 0.15) is 11.6 Å². The molecule has 0 unspecified atom stereocenters. The highest BCUT2D eigenvalue weighted by atomic mass is 35.5. The van der Waals surface area contributed by atoms with Crippen molar-refractivity contribution in [2.24, 2.45) is 0 Å². The smallest absolute Gasteiger partial charge is 0.302 e. The highest BCUT2D eigenvalue weighted by Gasteiger charge is 2.27. The Morgan fingerprint density at radius 3 is 2.29 bits per heavy atom. The van der Waals surface area contributed by atoms with E-state index in [-0.39, 0.29) is 11.6 Å². The lowest BCUT2D eigenvalue weighted by molar-refractivity contribution is 0.387. The van der Waals surface area contributed by atoms with Gasteiger partial charge >= 0.3 is 10.2 Å². The fourth-order valence-corrected chi connectivity index (χ4v) is 3.77. The van der Waals surface area contributed by atoms with Crippen molar-refractivity contribution in [3.05, 3.63) is 47.6 Å². The summed E-state index contributed by atoms with van der Waals surface area (Å²) in [7, 11) is -3.67. The van der Waals surface area contributed by atoms with E-state index in [1.807, 2.05) is 24.3 Å². The summed E-state index contributed by atoms with van der Waals surface area (Å²) in [6.45, 7) is 1.92. The van der Waals surface area contributed by atoms with Gasteiger partial charge in [-0.25, -0.2) is 4.98 Å². The minimum atomic E-state index is -3.67. The van der Waals surface area contributed by atoms with E-state index in [0.29, 0.717) is 31.2 Å². The fraction of sp³-hybridized carbons (Fsp3) is 0.267. The number of pyridine rings is 1. The molecule has 1 fully saturated rings. The van der Waals surface area contributed by atoms with E-state index >= 15 is 0 Å². The molecular weight excluding hydrogens is 352 g/mol. The minimum absolute atomic E-state index is 0.0190. The Labute approximate surface area is 145 Å². The van der Waals surface area contributed by atoms with Gasteiger partial charge in [-0.2, -0.15) is 12.7 Å². The quantitative estimate of drug-likeness (QED) is 0.861. The molecule has 0 aliphatic carbocycles. The van der Waals surface area contributed by atoms with Gasteiger partial charge in [0.2, 0.25) is 0 Å². The Morgan fingerprint density at radius 2 is 1.71 bits per heavy atom. The molecule has 3 rings (SSSR count). The Bertz CT molecular complexity index is 788. The number of anilines is 2. The molecule has 1 saturated heterocycles. The molecule has 2 N–H and O–H groups in total. The Balaban J connectivity index is 1.62. The van der Waals surface area contributed by atoms with Crippen LogP contribution in [0.1, 0.15) is 0 Å². The summed E-state index contributed by atoms with van der Waals surface area (Å²) >= 11 is 5.88. The molecule has 7 nitrogen and oxygen atoms in total. The SMILES string of the molecule is O=S(=O)(Nc1ccc(O)cn1)N1CCN(c2ccc(Cl)cc2)CC1. The molecule has 0 bridgehead atoms. The first-order valence-corrected chi connectivity index (χ1v) is 9.19. The summed E-state index contributed by atoms with van der Waals surface area (Å²) in [6, 6.07) is 10.3. The second-order valence-electron chi connectivity index (χ2n) is 5.37. The lowest BCUT2D eigenvalue weighted by Gasteiger charge is -2.35. The molecule has 0 spiro atoms. The predicted molar refractivity (Wildman–Crippen MR) is 93.7 cm³/mol. The third-order valence-corrected chi connectivity index (χ3v) is 5.52. The molecule has 2 aromatic rings. The molecule has 1 aromatic carbocycles. The van der Waals surface area contributed by atoms with E-state index in [1.54, 1.807) is 0 Å². The normalized spacial score (nSPS) is 16.1. The van der Waals surface area contributed by atoms with Gasteiger partial charge in [0.15, 0.2) is 0 Å². The number of nitrogens with zero attached hydrogens (tertiary/aromatic N) is 3. The number of halogens is 1. The zero-order valence-corrected chi connectivity index (χ0v) is 14.3. The molecule has 0 amide bonds. The van der Waals surface area contributed by atoms with Crippen LogP contribution < -0.4 is 9.62 Å². The lowest BCUT2D eigenvalue weighted by atomic mass is 10.2. The lowest BCUT2D eigenvalue weighted by Crippen LogP contribution is -2.50. The number of benzene rings is 1. The van der Waals surface area contributed by atoms with Crippen molar-refractivity contribution in [1.82, 2.24) is 9.29 Å². The van der Waals surface area contributed by atoms with Gasteiger partial charge in [-0.15, -0.1) is 0 Å². The van der Waals surface area contributed by atoms with E-state index in [9.17, 15) is 13.5 Å². The molecule has 128 valence electrons. The van der Waals surface area contributed by atoms with Crippen molar-refractivity contribution in [3.8, 4) is 5.75 Å². The zero-order chi connectivity index (χ0) is 17.2. The van der Waals surface area contributed by atoms with Crippen LogP contribution in [0.4, 0.5) is 11.5 Å². The number of aromatic hydroxyl groups is 1. The van der Waals surface area contributed by atoms with E-state index < -0.39 is 10.2 Å². The molecule has 1 aliphatic rings. The maximum absolute atomic E-state index is 12.4. The zero-order valence-electron chi connectivity index (χ0n) is 12.8. The summed E-state index contributed by atoms with van der Waals surface area (Å²) in [4.78, 5) is 5.95. The number of nitrogens with one attached hydrogen (secondary N) is 1. The van der Waals surface area contributed by atoms with Crippen LogP contribution in [0.15, 0.2) is 42.6 Å². The largest absolute Gasteiger partial charge is 0.506 e. The minimum Gasteiger partial charge on any atom is -0.506 e. The van der Waals surface area contributed by atoms with Crippen molar-refractivity contribution < 1.29 is 13.5 Å². The van der Waals surface area contributed by atoms with Crippen LogP contribution in [-0.4, -0.2) is 49.0 Å². The summed E-state index contributed by atoms with van der Waals surface area (Å²) in [5, 5.41) is 9.87. The number of hydrogen-bond donors (Lipinski definition) is 2. The van der Waals surface area contributed by atoms with Crippen LogP contribution in [0.25, 0.3) is 0 Å². The first-order valence-electron chi connectivity index (χ1n) is 7.37.